The van der Waals surface area contributed by atoms with Crippen molar-refractivity contribution in [3.05, 3.63) is 22.9 Å². The van der Waals surface area contributed by atoms with E-state index in [2.05, 4.69) is 5.38 Å². The van der Waals surface area contributed by atoms with Gasteiger partial charge in [0.25, 0.3) is 0 Å². The largest absolute Gasteiger partial charge is 1.00 e. The zero-order valence-corrected chi connectivity index (χ0v) is 9.67. The number of hydrogen-bond acceptors (Lipinski definition) is 1. The monoisotopic (exact) mass is 274 g/mol. The Balaban J connectivity index is 0. The molecule has 0 aliphatic rings. The van der Waals surface area contributed by atoms with E-state index in [1.807, 2.05) is 17.5 Å². The molecule has 1 radical (unpaired) electrons. The maximum atomic E-state index is 2.90. The van der Waals surface area contributed by atoms with Crippen molar-refractivity contribution in [1.82, 2.24) is 0 Å². The molecule has 0 atom stereocenters. The average Bonchev–Trinajstić information content (AvgIpc) is 1.76. The molecule has 1 heterocycles. The Kier molecular flexibility index (Phi) is 11.0. The molecule has 3 heteroatoms. The van der Waals surface area contributed by atoms with Crippen LogP contribution in [0.1, 0.15) is 0 Å². The van der Waals surface area contributed by atoms with Crippen molar-refractivity contribution in [3.8, 4) is 0 Å². The summed E-state index contributed by atoms with van der Waals surface area (Å²) in [5.74, 6) is 0. The van der Waals surface area contributed by atoms with Crippen LogP contribution in [-0.2, 0) is 19.5 Å². The minimum absolute atomic E-state index is 0. The van der Waals surface area contributed by atoms with Crippen LogP contribution in [0, 0.1) is 5.38 Å². The quantitative estimate of drug-likeness (QED) is 0.401. The van der Waals surface area contributed by atoms with E-state index in [0.29, 0.717) is 0 Å². The predicted molar refractivity (Wildman–Crippen MR) is 23.2 cm³/mol. The molecule has 7 heavy (non-hydrogen) atoms. The standard InChI is InChI=1S/C4H3S.HI.Zn/c1-2-4-5-3-1;;/h1-3H;1H;/p-1. The second-order valence-corrected chi connectivity index (χ2v) is 1.47. The molecule has 1 rings (SSSR count). The smallest absolute Gasteiger partial charge is 0.0442 e. The van der Waals surface area contributed by atoms with Gasteiger partial charge < -0.3 is 24.0 Å². The van der Waals surface area contributed by atoms with Crippen LogP contribution < -0.4 is 24.0 Å². The van der Waals surface area contributed by atoms with E-state index < -0.39 is 0 Å². The van der Waals surface area contributed by atoms with Gasteiger partial charge in [0, 0.05) is 24.9 Å². The van der Waals surface area contributed by atoms with Crippen LogP contribution in [0.15, 0.2) is 17.5 Å². The molecule has 0 spiro atoms. The Morgan fingerprint density at radius 1 is 1.43 bits per heavy atom. The summed E-state index contributed by atoms with van der Waals surface area (Å²) >= 11 is 1.59. The van der Waals surface area contributed by atoms with Crippen LogP contribution in [0.2, 0.25) is 0 Å². The summed E-state index contributed by atoms with van der Waals surface area (Å²) in [7, 11) is 0. The predicted octanol–water partition coefficient (Wildman–Crippen LogP) is -1.45. The van der Waals surface area contributed by atoms with Gasteiger partial charge in [-0.1, -0.05) is 6.07 Å². The van der Waals surface area contributed by atoms with E-state index in [1.54, 1.807) is 11.3 Å². The third-order valence-electron chi connectivity index (χ3n) is 0.379. The van der Waals surface area contributed by atoms with E-state index in [9.17, 15) is 0 Å². The maximum absolute atomic E-state index is 2.90. The topological polar surface area (TPSA) is 0 Å². The Labute approximate surface area is 77.1 Å². The van der Waals surface area contributed by atoms with Crippen LogP contribution in [0.3, 0.4) is 0 Å². The van der Waals surface area contributed by atoms with Gasteiger partial charge in [-0.25, -0.2) is 0 Å². The first-order valence-corrected chi connectivity index (χ1v) is 2.27. The minimum Gasteiger partial charge on any atom is -1.00 e. The minimum atomic E-state index is 0. The molecule has 0 saturated carbocycles. The summed E-state index contributed by atoms with van der Waals surface area (Å²) in [4.78, 5) is 0. The van der Waals surface area contributed by atoms with Crippen LogP contribution in [-0.4, -0.2) is 0 Å². The number of rotatable bonds is 0. The van der Waals surface area contributed by atoms with Crippen molar-refractivity contribution in [2.24, 2.45) is 0 Å². The SMILES string of the molecule is [I-].[Zn].[c]1cccs1. The first-order chi connectivity index (χ1) is 2.50. The molecular weight excluding hydrogens is 272 g/mol. The van der Waals surface area contributed by atoms with E-state index in [0.717, 1.165) is 0 Å². The third kappa shape index (κ3) is 4.92. The normalized spacial score (nSPS) is 5.71. The van der Waals surface area contributed by atoms with Gasteiger partial charge in [0.1, 0.15) is 0 Å². The van der Waals surface area contributed by atoms with Crippen LogP contribution in [0.25, 0.3) is 0 Å². The Morgan fingerprint density at radius 3 is 2.29 bits per heavy atom. The van der Waals surface area contributed by atoms with E-state index >= 15 is 0 Å². The van der Waals surface area contributed by atoms with E-state index in [4.69, 9.17) is 0 Å². The van der Waals surface area contributed by atoms with E-state index in [1.165, 1.54) is 0 Å². The van der Waals surface area contributed by atoms with Crippen molar-refractivity contribution in [3.63, 3.8) is 0 Å². The summed E-state index contributed by atoms with van der Waals surface area (Å²) in [6, 6.07) is 3.86. The molecule has 0 nitrogen and oxygen atoms in total. The number of halogens is 1. The summed E-state index contributed by atoms with van der Waals surface area (Å²) in [5, 5.41) is 4.89. The van der Waals surface area contributed by atoms with Gasteiger partial charge in [0.15, 0.2) is 0 Å². The molecule has 0 unspecified atom stereocenters. The van der Waals surface area contributed by atoms with Crippen molar-refractivity contribution < 1.29 is 43.5 Å². The third-order valence-corrected chi connectivity index (χ3v) is 0.944. The van der Waals surface area contributed by atoms with Gasteiger partial charge in [-0.15, -0.1) is 11.3 Å². The fourth-order valence-electron chi connectivity index (χ4n) is 0.196. The molecule has 0 saturated heterocycles. The van der Waals surface area contributed by atoms with Crippen molar-refractivity contribution in [2.75, 3.05) is 0 Å². The van der Waals surface area contributed by atoms with Crippen molar-refractivity contribution in [1.29, 1.82) is 0 Å². The second kappa shape index (κ2) is 7.05. The number of thiophene rings is 1. The average molecular weight is 275 g/mol. The summed E-state index contributed by atoms with van der Waals surface area (Å²) in [5.41, 5.74) is 0. The van der Waals surface area contributed by atoms with Gasteiger partial charge in [0.2, 0.25) is 0 Å². The van der Waals surface area contributed by atoms with Gasteiger partial charge >= 0.3 is 0 Å². The second-order valence-electron chi connectivity index (χ2n) is 0.731. The first kappa shape index (κ1) is 10.9. The first-order valence-electron chi connectivity index (χ1n) is 1.40. The Bertz CT molecular complexity index is 68.2. The molecular formula is C4H3ISZn-. The van der Waals surface area contributed by atoms with Crippen LogP contribution in [0.4, 0.5) is 0 Å². The van der Waals surface area contributed by atoms with E-state index in [-0.39, 0.29) is 43.5 Å². The Hall–Kier alpha value is 1.05. The van der Waals surface area contributed by atoms with Gasteiger partial charge in [-0.05, 0) is 11.4 Å². The Morgan fingerprint density at radius 2 is 2.14 bits per heavy atom. The molecule has 0 aromatic carbocycles. The van der Waals surface area contributed by atoms with Crippen LogP contribution in [0.5, 0.6) is 0 Å². The molecule has 0 amide bonds. The zero-order chi connectivity index (χ0) is 3.54. The van der Waals surface area contributed by atoms with Gasteiger partial charge in [-0.3, -0.25) is 0 Å². The molecule has 0 aliphatic heterocycles. The number of hydrogen-bond donors (Lipinski definition) is 0. The zero-order valence-electron chi connectivity index (χ0n) is 3.73. The molecule has 0 fully saturated rings. The van der Waals surface area contributed by atoms with Crippen molar-refractivity contribution >= 4 is 11.3 Å². The molecule has 0 bridgehead atoms. The van der Waals surface area contributed by atoms with Crippen molar-refractivity contribution in [2.45, 2.75) is 0 Å². The summed E-state index contributed by atoms with van der Waals surface area (Å²) < 4.78 is 0. The molecule has 0 aliphatic carbocycles. The van der Waals surface area contributed by atoms with Gasteiger partial charge in [0.05, 0.1) is 0 Å². The summed E-state index contributed by atoms with van der Waals surface area (Å²) in [6.45, 7) is 0. The molecule has 1 aromatic rings. The maximum Gasteiger partial charge on any atom is 0.0442 e. The molecule has 35 valence electrons. The fraction of sp³-hybridized carbons (Fsp3) is 0. The summed E-state index contributed by atoms with van der Waals surface area (Å²) in [6.07, 6.45) is 0. The van der Waals surface area contributed by atoms with Crippen LogP contribution >= 0.6 is 11.3 Å². The van der Waals surface area contributed by atoms with Gasteiger partial charge in [-0.2, -0.15) is 0 Å². The fourth-order valence-corrected chi connectivity index (χ4v) is 0.589. The molecule has 0 N–H and O–H groups in total. The molecule has 1 aromatic heterocycles.